The zero-order valence-electron chi connectivity index (χ0n) is 18.9. The molecule has 0 amide bonds. The third-order valence-corrected chi connectivity index (χ3v) is 5.25. The number of anilines is 1. The van der Waals surface area contributed by atoms with E-state index in [0.29, 0.717) is 18.0 Å². The highest BCUT2D eigenvalue weighted by atomic mass is 35.5. The Kier molecular flexibility index (Phi) is 12.3. The predicted molar refractivity (Wildman–Crippen MR) is 135 cm³/mol. The molecule has 0 bridgehead atoms. The molecule has 1 heterocycles. The van der Waals surface area contributed by atoms with Crippen LogP contribution in [0.5, 0.6) is 17.2 Å². The Morgan fingerprint density at radius 1 is 0.938 bits per heavy atom. The number of halogens is 2. The summed E-state index contributed by atoms with van der Waals surface area (Å²) >= 11 is 0. The van der Waals surface area contributed by atoms with E-state index in [1.165, 1.54) is 0 Å². The summed E-state index contributed by atoms with van der Waals surface area (Å²) in [4.78, 5) is 4.60. The second-order valence-corrected chi connectivity index (χ2v) is 7.33. The number of methoxy groups -OCH3 is 2. The number of piperazine rings is 1. The summed E-state index contributed by atoms with van der Waals surface area (Å²) in [5, 5.41) is 10.5. The van der Waals surface area contributed by atoms with Crippen molar-refractivity contribution in [2.24, 2.45) is 0 Å². The number of β-amino-alcohol motifs (C(OH)–C–C–N with tert-alkyl or cyclic N) is 1. The van der Waals surface area contributed by atoms with E-state index in [-0.39, 0.29) is 31.4 Å². The molecule has 0 aromatic heterocycles. The molecular weight excluding hydrogens is 451 g/mol. The van der Waals surface area contributed by atoms with Crippen LogP contribution < -0.4 is 19.1 Å². The Bertz CT molecular complexity index is 842. The molecule has 1 fully saturated rings. The Hall–Kier alpha value is -2.12. The van der Waals surface area contributed by atoms with Gasteiger partial charge in [0.25, 0.3) is 0 Å². The minimum absolute atomic E-state index is 0. The molecule has 178 valence electrons. The highest BCUT2D eigenvalue weighted by Gasteiger charge is 2.21. The molecule has 1 saturated heterocycles. The molecule has 0 spiro atoms. The van der Waals surface area contributed by atoms with Gasteiger partial charge in [0.05, 0.1) is 19.9 Å². The molecule has 0 saturated carbocycles. The number of nitrogens with zero attached hydrogens (tertiary/aromatic N) is 2. The van der Waals surface area contributed by atoms with Gasteiger partial charge in [0.15, 0.2) is 11.5 Å². The van der Waals surface area contributed by atoms with Gasteiger partial charge in [-0.05, 0) is 36.8 Å². The molecule has 1 atom stereocenters. The second kappa shape index (κ2) is 14.1. The van der Waals surface area contributed by atoms with Gasteiger partial charge in [0, 0.05) is 32.7 Å². The lowest BCUT2D eigenvalue weighted by molar-refractivity contribution is 0.0653. The van der Waals surface area contributed by atoms with Crippen LogP contribution in [0.1, 0.15) is 12.5 Å². The van der Waals surface area contributed by atoms with Gasteiger partial charge in [-0.3, -0.25) is 4.90 Å². The fraction of sp³-hybridized carbons (Fsp3) is 0.417. The van der Waals surface area contributed by atoms with Crippen molar-refractivity contribution < 1.29 is 19.3 Å². The van der Waals surface area contributed by atoms with Crippen molar-refractivity contribution in [3.05, 3.63) is 54.1 Å². The standard InChI is InChI=1S/C24H32N2O4.2ClH/c1-4-7-19-10-11-23(24(16-19)29-3)30-18-20(27)17-25-12-14-26(15-13-25)21-8-5-6-9-22(21)28-2;;/h4-11,16,20,27H,12-15,17-18H2,1-3H3;2*1H/b7-4+;;. The van der Waals surface area contributed by atoms with Crippen LogP contribution in [0.4, 0.5) is 5.69 Å². The number of hydrogen-bond acceptors (Lipinski definition) is 6. The summed E-state index contributed by atoms with van der Waals surface area (Å²) < 4.78 is 16.7. The molecule has 8 heteroatoms. The van der Waals surface area contributed by atoms with Gasteiger partial charge in [0.1, 0.15) is 18.5 Å². The molecule has 6 nitrogen and oxygen atoms in total. The lowest BCUT2D eigenvalue weighted by atomic mass is 10.2. The number of benzene rings is 2. The van der Waals surface area contributed by atoms with Crippen LogP contribution in [0.3, 0.4) is 0 Å². The highest BCUT2D eigenvalue weighted by Crippen LogP contribution is 2.29. The zero-order valence-corrected chi connectivity index (χ0v) is 20.5. The molecule has 1 aliphatic rings. The summed E-state index contributed by atoms with van der Waals surface area (Å²) in [5.41, 5.74) is 2.17. The summed E-state index contributed by atoms with van der Waals surface area (Å²) in [6.07, 6.45) is 3.42. The Morgan fingerprint density at radius 2 is 1.62 bits per heavy atom. The number of ether oxygens (including phenoxy) is 3. The first-order chi connectivity index (χ1) is 14.6. The monoisotopic (exact) mass is 484 g/mol. The highest BCUT2D eigenvalue weighted by molar-refractivity contribution is 5.85. The minimum atomic E-state index is -0.567. The first-order valence-corrected chi connectivity index (χ1v) is 10.4. The molecule has 1 N–H and O–H groups in total. The summed E-state index contributed by atoms with van der Waals surface area (Å²) in [7, 11) is 3.33. The van der Waals surface area contributed by atoms with E-state index in [1.54, 1.807) is 14.2 Å². The van der Waals surface area contributed by atoms with Crippen molar-refractivity contribution in [2.75, 3.05) is 58.5 Å². The molecule has 1 aliphatic heterocycles. The minimum Gasteiger partial charge on any atom is -0.495 e. The fourth-order valence-corrected chi connectivity index (χ4v) is 3.70. The second-order valence-electron chi connectivity index (χ2n) is 7.33. The molecule has 1 unspecified atom stereocenters. The molecule has 3 rings (SSSR count). The van der Waals surface area contributed by atoms with Crippen LogP contribution in [-0.4, -0.2) is 69.7 Å². The van der Waals surface area contributed by atoms with Crippen molar-refractivity contribution in [2.45, 2.75) is 13.0 Å². The van der Waals surface area contributed by atoms with Gasteiger partial charge in [-0.1, -0.05) is 30.4 Å². The third kappa shape index (κ3) is 7.48. The molecule has 0 radical (unpaired) electrons. The van der Waals surface area contributed by atoms with E-state index < -0.39 is 6.10 Å². The quantitative estimate of drug-likeness (QED) is 0.576. The van der Waals surface area contributed by atoms with E-state index in [4.69, 9.17) is 14.2 Å². The fourth-order valence-electron chi connectivity index (χ4n) is 3.70. The largest absolute Gasteiger partial charge is 0.495 e. The van der Waals surface area contributed by atoms with Gasteiger partial charge >= 0.3 is 0 Å². The number of aliphatic hydroxyl groups is 1. The normalized spacial score (nSPS) is 14.9. The van der Waals surface area contributed by atoms with Crippen LogP contribution >= 0.6 is 24.8 Å². The summed E-state index contributed by atoms with van der Waals surface area (Å²) in [5.74, 6) is 2.21. The van der Waals surface area contributed by atoms with Gasteiger partial charge < -0.3 is 24.2 Å². The predicted octanol–water partition coefficient (Wildman–Crippen LogP) is 4.14. The van der Waals surface area contributed by atoms with Crippen molar-refractivity contribution in [3.63, 3.8) is 0 Å². The molecular formula is C24H34Cl2N2O4. The topological polar surface area (TPSA) is 54.4 Å². The van der Waals surface area contributed by atoms with E-state index in [2.05, 4.69) is 15.9 Å². The van der Waals surface area contributed by atoms with Gasteiger partial charge in [0.2, 0.25) is 0 Å². The Balaban J connectivity index is 0.00000256. The SMILES string of the molecule is C/C=C/c1ccc(OCC(O)CN2CCN(c3ccccc3OC)CC2)c(OC)c1.Cl.Cl. The van der Waals surface area contributed by atoms with Crippen LogP contribution in [0.25, 0.3) is 6.08 Å². The first-order valence-electron chi connectivity index (χ1n) is 10.4. The maximum atomic E-state index is 10.5. The van der Waals surface area contributed by atoms with Gasteiger partial charge in [-0.15, -0.1) is 24.8 Å². The van der Waals surface area contributed by atoms with E-state index in [9.17, 15) is 5.11 Å². The van der Waals surface area contributed by atoms with Crippen LogP contribution in [0.15, 0.2) is 48.5 Å². The maximum Gasteiger partial charge on any atom is 0.161 e. The smallest absolute Gasteiger partial charge is 0.161 e. The van der Waals surface area contributed by atoms with Crippen LogP contribution in [-0.2, 0) is 0 Å². The summed E-state index contributed by atoms with van der Waals surface area (Å²) in [6, 6.07) is 13.9. The van der Waals surface area contributed by atoms with Crippen molar-refractivity contribution in [3.8, 4) is 17.2 Å². The van der Waals surface area contributed by atoms with Crippen LogP contribution in [0, 0.1) is 0 Å². The molecule has 2 aromatic rings. The number of hydrogen-bond donors (Lipinski definition) is 1. The average molecular weight is 485 g/mol. The van der Waals surface area contributed by atoms with Crippen molar-refractivity contribution in [1.82, 2.24) is 4.90 Å². The number of allylic oxidation sites excluding steroid dienone is 1. The molecule has 2 aromatic carbocycles. The van der Waals surface area contributed by atoms with E-state index in [0.717, 1.165) is 43.2 Å². The van der Waals surface area contributed by atoms with Gasteiger partial charge in [-0.25, -0.2) is 0 Å². The van der Waals surface area contributed by atoms with Crippen LogP contribution in [0.2, 0.25) is 0 Å². The maximum absolute atomic E-state index is 10.5. The molecule has 0 aliphatic carbocycles. The average Bonchev–Trinajstić information content (AvgIpc) is 2.78. The number of aliphatic hydroxyl groups excluding tert-OH is 1. The lowest BCUT2D eigenvalue weighted by Gasteiger charge is -2.37. The number of para-hydroxylation sites is 2. The Labute approximate surface area is 203 Å². The van der Waals surface area contributed by atoms with Crippen molar-refractivity contribution >= 4 is 36.6 Å². The van der Waals surface area contributed by atoms with E-state index in [1.807, 2.05) is 55.5 Å². The lowest BCUT2D eigenvalue weighted by Crippen LogP contribution is -2.49. The van der Waals surface area contributed by atoms with Gasteiger partial charge in [-0.2, -0.15) is 0 Å². The summed E-state index contributed by atoms with van der Waals surface area (Å²) in [6.45, 7) is 6.35. The Morgan fingerprint density at radius 3 is 2.28 bits per heavy atom. The zero-order chi connectivity index (χ0) is 21.3. The third-order valence-electron chi connectivity index (χ3n) is 5.25. The van der Waals surface area contributed by atoms with Crippen molar-refractivity contribution in [1.29, 1.82) is 0 Å². The van der Waals surface area contributed by atoms with E-state index >= 15 is 0 Å². The first kappa shape index (κ1) is 27.9. The number of rotatable bonds is 9. The molecule has 32 heavy (non-hydrogen) atoms.